The highest BCUT2D eigenvalue weighted by molar-refractivity contribution is 5.98. The molecule has 0 aliphatic carbocycles. The maximum Gasteiger partial charge on any atom is 0.340 e. The monoisotopic (exact) mass is 411 g/mol. The summed E-state index contributed by atoms with van der Waals surface area (Å²) in [6, 6.07) is 14.5. The number of hydrogen-bond donors (Lipinski definition) is 3. The van der Waals surface area contributed by atoms with Crippen LogP contribution in [0, 0.1) is 5.92 Å². The molecule has 0 bridgehead atoms. The van der Waals surface area contributed by atoms with Crippen LogP contribution in [0.3, 0.4) is 0 Å². The summed E-state index contributed by atoms with van der Waals surface area (Å²) in [6.45, 7) is 4.28. The smallest absolute Gasteiger partial charge is 0.340 e. The summed E-state index contributed by atoms with van der Waals surface area (Å²) >= 11 is 0. The largest absolute Gasteiger partial charge is 0.452 e. The lowest BCUT2D eigenvalue weighted by Gasteiger charge is -2.32. The van der Waals surface area contributed by atoms with Crippen LogP contribution in [0.4, 0.5) is 17.1 Å². The average Bonchev–Trinajstić information content (AvgIpc) is 2.77. The molecule has 0 aromatic heterocycles. The molecule has 0 unspecified atom stereocenters. The zero-order valence-electron chi connectivity index (χ0n) is 17.3. The Morgan fingerprint density at radius 1 is 1.10 bits per heavy atom. The fourth-order valence-electron chi connectivity index (χ4n) is 3.43. The van der Waals surface area contributed by atoms with Crippen molar-refractivity contribution in [2.24, 2.45) is 5.92 Å². The van der Waals surface area contributed by atoms with Gasteiger partial charge in [0.2, 0.25) is 0 Å². The Bertz CT molecular complexity index is 846. The summed E-state index contributed by atoms with van der Waals surface area (Å²) in [5.41, 5.74) is 2.69. The van der Waals surface area contributed by atoms with Crippen LogP contribution in [0.1, 0.15) is 30.1 Å². The van der Waals surface area contributed by atoms with E-state index < -0.39 is 11.9 Å². The number of carbonyl (C=O) groups excluding carboxylic acids is 2. The summed E-state index contributed by atoms with van der Waals surface area (Å²) in [5.74, 6) is -0.218. The first kappa shape index (κ1) is 21.6. The van der Waals surface area contributed by atoms with Crippen molar-refractivity contribution in [3.8, 4) is 0 Å². The van der Waals surface area contributed by atoms with Crippen LogP contribution in [0.25, 0.3) is 0 Å². The predicted molar refractivity (Wildman–Crippen MR) is 118 cm³/mol. The lowest BCUT2D eigenvalue weighted by atomic mass is 9.99. The van der Waals surface area contributed by atoms with E-state index in [1.165, 1.54) is 12.8 Å². The molecule has 3 N–H and O–H groups in total. The number of aliphatic hydroxyl groups excluding tert-OH is 1. The van der Waals surface area contributed by atoms with Gasteiger partial charge in [0.1, 0.15) is 0 Å². The highest BCUT2D eigenvalue weighted by Gasteiger charge is 2.17. The van der Waals surface area contributed by atoms with Gasteiger partial charge in [0.25, 0.3) is 5.91 Å². The Labute approximate surface area is 177 Å². The molecule has 1 saturated heterocycles. The molecule has 2 aromatic carbocycles. The number of piperidine rings is 1. The number of carbonyl (C=O) groups is 2. The summed E-state index contributed by atoms with van der Waals surface area (Å²) < 4.78 is 5.15. The van der Waals surface area contributed by atoms with E-state index in [1.54, 1.807) is 24.3 Å². The molecule has 160 valence electrons. The van der Waals surface area contributed by atoms with Crippen LogP contribution in [-0.4, -0.2) is 49.8 Å². The molecule has 0 atom stereocenters. The van der Waals surface area contributed by atoms with Gasteiger partial charge < -0.3 is 25.4 Å². The Kier molecular flexibility index (Phi) is 7.68. The Morgan fingerprint density at radius 3 is 2.50 bits per heavy atom. The molecule has 3 rings (SSSR count). The maximum atomic E-state index is 12.3. The lowest BCUT2D eigenvalue weighted by molar-refractivity contribution is -0.119. The van der Waals surface area contributed by atoms with Crippen molar-refractivity contribution in [1.82, 2.24) is 0 Å². The topological polar surface area (TPSA) is 90.9 Å². The number of nitrogens with zero attached hydrogens (tertiary/aromatic N) is 1. The van der Waals surface area contributed by atoms with E-state index in [2.05, 4.69) is 22.5 Å². The molecule has 0 saturated carbocycles. The normalized spacial score (nSPS) is 14.3. The molecule has 1 aliphatic rings. The standard InChI is InChI=1S/C23H29N3O4/c1-17-10-13-26(14-11-17)19-8-6-18(7-9-19)25-22(28)16-30-23(29)20-4-2-3-5-21(20)24-12-15-27/h2-9,17,24,27H,10-16H2,1H3,(H,25,28). The number of rotatable bonds is 8. The zero-order chi connectivity index (χ0) is 21.3. The molecule has 1 amide bonds. The van der Waals surface area contributed by atoms with Gasteiger partial charge >= 0.3 is 5.97 Å². The maximum absolute atomic E-state index is 12.3. The number of ether oxygens (including phenoxy) is 1. The molecule has 2 aromatic rings. The number of hydrogen-bond acceptors (Lipinski definition) is 6. The van der Waals surface area contributed by atoms with E-state index in [1.807, 2.05) is 24.3 Å². The van der Waals surface area contributed by atoms with Gasteiger partial charge in [0.05, 0.1) is 12.2 Å². The molecule has 7 nitrogen and oxygen atoms in total. The quantitative estimate of drug-likeness (QED) is 0.578. The summed E-state index contributed by atoms with van der Waals surface area (Å²) in [6.07, 6.45) is 2.39. The fourth-order valence-corrected chi connectivity index (χ4v) is 3.43. The second-order valence-electron chi connectivity index (χ2n) is 7.54. The van der Waals surface area contributed by atoms with Crippen LogP contribution in [0.5, 0.6) is 0 Å². The Morgan fingerprint density at radius 2 is 1.80 bits per heavy atom. The van der Waals surface area contributed by atoms with E-state index in [4.69, 9.17) is 9.84 Å². The highest BCUT2D eigenvalue weighted by Crippen LogP contribution is 2.24. The van der Waals surface area contributed by atoms with Gasteiger partial charge in [0.15, 0.2) is 6.61 Å². The van der Waals surface area contributed by atoms with Gasteiger partial charge in [0, 0.05) is 36.7 Å². The molecule has 7 heteroatoms. The van der Waals surface area contributed by atoms with Crippen molar-refractivity contribution in [1.29, 1.82) is 0 Å². The van der Waals surface area contributed by atoms with Crippen molar-refractivity contribution >= 4 is 28.9 Å². The van der Waals surface area contributed by atoms with Crippen LogP contribution < -0.4 is 15.5 Å². The first-order chi connectivity index (χ1) is 14.6. The molecular weight excluding hydrogens is 382 g/mol. The fraction of sp³-hybridized carbons (Fsp3) is 0.391. The minimum atomic E-state index is -0.596. The zero-order valence-corrected chi connectivity index (χ0v) is 17.3. The molecule has 0 spiro atoms. The van der Waals surface area contributed by atoms with Gasteiger partial charge in [-0.15, -0.1) is 0 Å². The number of esters is 1. The third kappa shape index (κ3) is 5.97. The second kappa shape index (κ2) is 10.6. The van der Waals surface area contributed by atoms with Gasteiger partial charge in [-0.2, -0.15) is 0 Å². The van der Waals surface area contributed by atoms with Crippen molar-refractivity contribution in [3.05, 3.63) is 54.1 Å². The second-order valence-corrected chi connectivity index (χ2v) is 7.54. The van der Waals surface area contributed by atoms with E-state index in [0.717, 1.165) is 24.7 Å². The first-order valence-electron chi connectivity index (χ1n) is 10.3. The van der Waals surface area contributed by atoms with Gasteiger partial charge in [-0.25, -0.2) is 4.79 Å². The number of nitrogens with one attached hydrogen (secondary N) is 2. The van der Waals surface area contributed by atoms with Crippen molar-refractivity contribution in [2.45, 2.75) is 19.8 Å². The van der Waals surface area contributed by atoms with E-state index in [-0.39, 0.29) is 13.2 Å². The van der Waals surface area contributed by atoms with Crippen molar-refractivity contribution in [2.75, 3.05) is 48.4 Å². The highest BCUT2D eigenvalue weighted by atomic mass is 16.5. The first-order valence-corrected chi connectivity index (χ1v) is 10.3. The van der Waals surface area contributed by atoms with E-state index in [9.17, 15) is 9.59 Å². The van der Waals surface area contributed by atoms with Gasteiger partial charge in [-0.1, -0.05) is 19.1 Å². The van der Waals surface area contributed by atoms with E-state index in [0.29, 0.717) is 23.5 Å². The number of anilines is 3. The summed E-state index contributed by atoms with van der Waals surface area (Å²) in [5, 5.41) is 14.6. The van der Waals surface area contributed by atoms with Crippen LogP contribution in [0.2, 0.25) is 0 Å². The van der Waals surface area contributed by atoms with Crippen molar-refractivity contribution < 1.29 is 19.4 Å². The molecular formula is C23H29N3O4. The SMILES string of the molecule is CC1CCN(c2ccc(NC(=O)COC(=O)c3ccccc3NCCO)cc2)CC1. The molecule has 1 heterocycles. The molecule has 1 aliphatic heterocycles. The van der Waals surface area contributed by atoms with Crippen LogP contribution in [-0.2, 0) is 9.53 Å². The van der Waals surface area contributed by atoms with Gasteiger partial charge in [-0.05, 0) is 55.2 Å². The molecule has 30 heavy (non-hydrogen) atoms. The number of aliphatic hydroxyl groups is 1. The lowest BCUT2D eigenvalue weighted by Crippen LogP contribution is -2.32. The number of benzene rings is 2. The number of para-hydroxylation sites is 1. The van der Waals surface area contributed by atoms with Gasteiger partial charge in [-0.3, -0.25) is 4.79 Å². The Hall–Kier alpha value is -3.06. The predicted octanol–water partition coefficient (Wildman–Crippen LogP) is 3.12. The minimum Gasteiger partial charge on any atom is -0.452 e. The van der Waals surface area contributed by atoms with Crippen LogP contribution >= 0.6 is 0 Å². The van der Waals surface area contributed by atoms with E-state index >= 15 is 0 Å². The minimum absolute atomic E-state index is 0.0541. The summed E-state index contributed by atoms with van der Waals surface area (Å²) in [4.78, 5) is 26.9. The van der Waals surface area contributed by atoms with Crippen LogP contribution in [0.15, 0.2) is 48.5 Å². The third-order valence-corrected chi connectivity index (χ3v) is 5.21. The van der Waals surface area contributed by atoms with Crippen molar-refractivity contribution in [3.63, 3.8) is 0 Å². The average molecular weight is 412 g/mol. The molecule has 0 radical (unpaired) electrons. The molecule has 1 fully saturated rings. The number of amides is 1. The summed E-state index contributed by atoms with van der Waals surface area (Å²) in [7, 11) is 0. The third-order valence-electron chi connectivity index (χ3n) is 5.21. The Balaban J connectivity index is 1.49.